The van der Waals surface area contributed by atoms with Crippen molar-refractivity contribution in [3.63, 3.8) is 0 Å². The molecule has 0 aliphatic carbocycles. The summed E-state index contributed by atoms with van der Waals surface area (Å²) in [6.45, 7) is 0. The molecule has 0 aromatic carbocycles. The standard InChI is InChI=1S/C10H10N2O2S/c11-9-8(10(13)14)5-7(6-12-9)3-1-2-4-15/h5-6,15H,2,4H2,(H2,11,12)(H,13,14). The van der Waals surface area contributed by atoms with Gasteiger partial charge in [-0.1, -0.05) is 11.8 Å². The van der Waals surface area contributed by atoms with Crippen LogP contribution in [0.15, 0.2) is 12.3 Å². The summed E-state index contributed by atoms with van der Waals surface area (Å²) in [6, 6.07) is 1.41. The van der Waals surface area contributed by atoms with Gasteiger partial charge in [-0.05, 0) is 6.07 Å². The molecule has 0 spiro atoms. The van der Waals surface area contributed by atoms with Crippen LogP contribution in [0, 0.1) is 11.8 Å². The van der Waals surface area contributed by atoms with E-state index in [1.807, 2.05) is 0 Å². The van der Waals surface area contributed by atoms with Gasteiger partial charge in [-0.15, -0.1) is 0 Å². The van der Waals surface area contributed by atoms with Crippen LogP contribution in [0.3, 0.4) is 0 Å². The maximum Gasteiger partial charge on any atom is 0.339 e. The van der Waals surface area contributed by atoms with E-state index in [2.05, 4.69) is 29.5 Å². The Bertz CT molecular complexity index is 435. The first kappa shape index (κ1) is 11.4. The molecule has 0 amide bonds. The molecule has 0 unspecified atom stereocenters. The van der Waals surface area contributed by atoms with Crippen LogP contribution in [-0.2, 0) is 0 Å². The van der Waals surface area contributed by atoms with Gasteiger partial charge in [0.2, 0.25) is 0 Å². The van der Waals surface area contributed by atoms with Crippen molar-refractivity contribution in [1.82, 2.24) is 4.98 Å². The van der Waals surface area contributed by atoms with Crippen molar-refractivity contribution in [3.05, 3.63) is 23.4 Å². The highest BCUT2D eigenvalue weighted by molar-refractivity contribution is 7.80. The van der Waals surface area contributed by atoms with Crippen LogP contribution in [-0.4, -0.2) is 21.8 Å². The summed E-state index contributed by atoms with van der Waals surface area (Å²) in [7, 11) is 0. The first-order valence-electron chi connectivity index (χ1n) is 4.23. The largest absolute Gasteiger partial charge is 0.478 e. The molecule has 1 aromatic rings. The fourth-order valence-corrected chi connectivity index (χ4v) is 1.05. The lowest BCUT2D eigenvalue weighted by Crippen LogP contribution is -2.04. The average molecular weight is 222 g/mol. The van der Waals surface area contributed by atoms with Gasteiger partial charge in [0.25, 0.3) is 0 Å². The number of carboxylic acid groups (broad SMARTS) is 1. The summed E-state index contributed by atoms with van der Waals surface area (Å²) >= 11 is 4.00. The Morgan fingerprint density at radius 1 is 1.67 bits per heavy atom. The lowest BCUT2D eigenvalue weighted by Gasteiger charge is -1.99. The number of hydrogen-bond acceptors (Lipinski definition) is 4. The quantitative estimate of drug-likeness (QED) is 0.516. The first-order valence-corrected chi connectivity index (χ1v) is 4.87. The summed E-state index contributed by atoms with van der Waals surface area (Å²) in [5.41, 5.74) is 5.92. The number of nitrogens with two attached hydrogens (primary N) is 1. The number of aromatic carboxylic acids is 1. The third-order valence-corrected chi connectivity index (χ3v) is 1.84. The number of nitrogens with zero attached hydrogens (tertiary/aromatic N) is 1. The summed E-state index contributed by atoms with van der Waals surface area (Å²) in [4.78, 5) is 14.5. The minimum atomic E-state index is -1.10. The Morgan fingerprint density at radius 2 is 2.40 bits per heavy atom. The van der Waals surface area contributed by atoms with Crippen molar-refractivity contribution in [1.29, 1.82) is 0 Å². The van der Waals surface area contributed by atoms with Gasteiger partial charge in [0, 0.05) is 23.9 Å². The van der Waals surface area contributed by atoms with E-state index in [0.29, 0.717) is 17.7 Å². The smallest absolute Gasteiger partial charge is 0.339 e. The predicted molar refractivity (Wildman–Crippen MR) is 61.0 cm³/mol. The number of carbonyl (C=O) groups is 1. The van der Waals surface area contributed by atoms with Gasteiger partial charge < -0.3 is 10.8 Å². The molecule has 0 fully saturated rings. The van der Waals surface area contributed by atoms with Gasteiger partial charge >= 0.3 is 5.97 Å². The maximum atomic E-state index is 10.7. The van der Waals surface area contributed by atoms with Gasteiger partial charge in [0.1, 0.15) is 11.4 Å². The van der Waals surface area contributed by atoms with Gasteiger partial charge in [0.05, 0.1) is 0 Å². The highest BCUT2D eigenvalue weighted by Gasteiger charge is 2.08. The van der Waals surface area contributed by atoms with Crippen molar-refractivity contribution in [2.24, 2.45) is 0 Å². The van der Waals surface area contributed by atoms with E-state index in [9.17, 15) is 4.79 Å². The zero-order valence-electron chi connectivity index (χ0n) is 7.90. The van der Waals surface area contributed by atoms with Gasteiger partial charge in [-0.25, -0.2) is 9.78 Å². The van der Waals surface area contributed by atoms with Crippen LogP contribution in [0.5, 0.6) is 0 Å². The normalized spacial score (nSPS) is 9.13. The summed E-state index contributed by atoms with van der Waals surface area (Å²) in [5, 5.41) is 8.78. The molecule has 1 heterocycles. The first-order chi connectivity index (χ1) is 7.15. The van der Waals surface area contributed by atoms with E-state index in [0.717, 1.165) is 0 Å². The fraction of sp³-hybridized carbons (Fsp3) is 0.200. The van der Waals surface area contributed by atoms with Crippen LogP contribution in [0.2, 0.25) is 0 Å². The number of thiol groups is 1. The molecule has 1 rings (SSSR count). The number of hydrogen-bond donors (Lipinski definition) is 3. The van der Waals surface area contributed by atoms with Crippen molar-refractivity contribution in [2.75, 3.05) is 11.5 Å². The molecule has 5 heteroatoms. The molecule has 0 bridgehead atoms. The Morgan fingerprint density at radius 3 is 3.00 bits per heavy atom. The third kappa shape index (κ3) is 3.18. The molecule has 0 aliphatic rings. The molecule has 0 atom stereocenters. The molecule has 0 saturated heterocycles. The molecule has 1 aromatic heterocycles. The molecule has 0 aliphatic heterocycles. The SMILES string of the molecule is Nc1ncc(C#CCCS)cc1C(=O)O. The van der Waals surface area contributed by atoms with Crippen LogP contribution in [0.4, 0.5) is 5.82 Å². The molecule has 78 valence electrons. The van der Waals surface area contributed by atoms with E-state index < -0.39 is 5.97 Å². The fourth-order valence-electron chi connectivity index (χ4n) is 0.935. The molecule has 3 N–H and O–H groups in total. The van der Waals surface area contributed by atoms with Crippen molar-refractivity contribution < 1.29 is 9.90 Å². The van der Waals surface area contributed by atoms with Crippen LogP contribution >= 0.6 is 12.6 Å². The second-order valence-corrected chi connectivity index (χ2v) is 3.18. The minimum absolute atomic E-state index is 0.00208. The molecule has 15 heavy (non-hydrogen) atoms. The second kappa shape index (κ2) is 5.27. The van der Waals surface area contributed by atoms with E-state index in [1.165, 1.54) is 12.3 Å². The summed E-state index contributed by atoms with van der Waals surface area (Å²) in [6.07, 6.45) is 2.10. The zero-order valence-corrected chi connectivity index (χ0v) is 8.79. The number of nitrogen functional groups attached to an aromatic ring is 1. The Balaban J connectivity index is 2.99. The van der Waals surface area contributed by atoms with Crippen molar-refractivity contribution in [2.45, 2.75) is 6.42 Å². The number of rotatable bonds is 2. The third-order valence-electron chi connectivity index (χ3n) is 1.62. The van der Waals surface area contributed by atoms with E-state index in [-0.39, 0.29) is 11.4 Å². The Hall–Kier alpha value is -1.67. The minimum Gasteiger partial charge on any atom is -0.478 e. The number of anilines is 1. The topological polar surface area (TPSA) is 76.2 Å². The number of carboxylic acids is 1. The average Bonchev–Trinajstić information content (AvgIpc) is 2.20. The van der Waals surface area contributed by atoms with Crippen LogP contribution in [0.1, 0.15) is 22.3 Å². The monoisotopic (exact) mass is 222 g/mol. The Kier molecular flexibility index (Phi) is 4.01. The van der Waals surface area contributed by atoms with Gasteiger partial charge in [0.15, 0.2) is 0 Å². The maximum absolute atomic E-state index is 10.7. The number of pyridine rings is 1. The van der Waals surface area contributed by atoms with E-state index >= 15 is 0 Å². The van der Waals surface area contributed by atoms with E-state index in [4.69, 9.17) is 10.8 Å². The highest BCUT2D eigenvalue weighted by Crippen LogP contribution is 2.09. The molecular formula is C10H10N2O2S. The van der Waals surface area contributed by atoms with Crippen LogP contribution in [0.25, 0.3) is 0 Å². The Labute approximate surface area is 92.9 Å². The van der Waals surface area contributed by atoms with E-state index in [1.54, 1.807) is 0 Å². The van der Waals surface area contributed by atoms with Crippen molar-refractivity contribution in [3.8, 4) is 11.8 Å². The lowest BCUT2D eigenvalue weighted by molar-refractivity contribution is 0.0697. The van der Waals surface area contributed by atoms with Crippen LogP contribution < -0.4 is 5.73 Å². The summed E-state index contributed by atoms with van der Waals surface area (Å²) < 4.78 is 0. The predicted octanol–water partition coefficient (Wildman–Crippen LogP) is 1.03. The zero-order chi connectivity index (χ0) is 11.3. The molecule has 0 saturated carbocycles. The van der Waals surface area contributed by atoms with Gasteiger partial charge in [-0.2, -0.15) is 12.6 Å². The lowest BCUT2D eigenvalue weighted by atomic mass is 10.2. The second-order valence-electron chi connectivity index (χ2n) is 2.74. The molecular weight excluding hydrogens is 212 g/mol. The highest BCUT2D eigenvalue weighted by atomic mass is 32.1. The van der Waals surface area contributed by atoms with Gasteiger partial charge in [-0.3, -0.25) is 0 Å². The number of aromatic nitrogens is 1. The molecule has 0 radical (unpaired) electrons. The van der Waals surface area contributed by atoms with Crippen molar-refractivity contribution >= 4 is 24.4 Å². The summed E-state index contributed by atoms with van der Waals surface area (Å²) in [5.74, 6) is 5.20. The molecule has 4 nitrogen and oxygen atoms in total.